The number of nitrogens with one attached hydrogen (secondary N) is 1. The van der Waals surface area contributed by atoms with E-state index in [9.17, 15) is 4.79 Å². The van der Waals surface area contributed by atoms with E-state index in [1.807, 2.05) is 10.8 Å². The maximum absolute atomic E-state index is 12.7. The zero-order valence-corrected chi connectivity index (χ0v) is 13.5. The Bertz CT molecular complexity index is 709. The number of nitrogens with zero attached hydrogens (tertiary/aromatic N) is 2. The molecule has 1 heterocycles. The van der Waals surface area contributed by atoms with Crippen LogP contribution in [-0.2, 0) is 23.2 Å². The average Bonchev–Trinajstić information content (AvgIpc) is 3.02. The highest BCUT2D eigenvalue weighted by molar-refractivity contribution is 5.85. The van der Waals surface area contributed by atoms with Gasteiger partial charge in [0.2, 0.25) is 5.91 Å². The van der Waals surface area contributed by atoms with Crippen LogP contribution in [0.15, 0.2) is 43.0 Å². The van der Waals surface area contributed by atoms with Crippen LogP contribution in [0.2, 0.25) is 0 Å². The first-order chi connectivity index (χ1) is 11.2. The van der Waals surface area contributed by atoms with E-state index < -0.39 is 0 Å². The van der Waals surface area contributed by atoms with Gasteiger partial charge in [0, 0.05) is 36.3 Å². The molecule has 0 unspecified atom stereocenters. The Morgan fingerprint density at radius 2 is 2.35 bits per heavy atom. The molecular weight excluding hydrogens is 286 g/mol. The first-order valence-corrected chi connectivity index (χ1v) is 8.53. The highest BCUT2D eigenvalue weighted by Gasteiger charge is 2.60. The summed E-state index contributed by atoms with van der Waals surface area (Å²) in [6.07, 6.45) is 10.0. The molecule has 1 saturated carbocycles. The summed E-state index contributed by atoms with van der Waals surface area (Å²) in [7, 11) is 0. The van der Waals surface area contributed by atoms with Gasteiger partial charge in [0.05, 0.1) is 6.33 Å². The molecule has 1 fully saturated rings. The summed E-state index contributed by atoms with van der Waals surface area (Å²) < 4.78 is 2.00. The minimum absolute atomic E-state index is 0.119. The van der Waals surface area contributed by atoms with E-state index in [2.05, 4.69) is 41.5 Å². The SMILES string of the molecule is C[C@H](Cn1ccnc1)NC(=O)[C@@H]1C[C@]12CCCc1ccccc12. The van der Waals surface area contributed by atoms with Crippen molar-refractivity contribution in [3.63, 3.8) is 0 Å². The largest absolute Gasteiger partial charge is 0.352 e. The summed E-state index contributed by atoms with van der Waals surface area (Å²) in [5, 5.41) is 3.19. The molecule has 2 aliphatic carbocycles. The molecule has 4 rings (SSSR count). The van der Waals surface area contributed by atoms with Crippen LogP contribution in [-0.4, -0.2) is 21.5 Å². The number of imidazole rings is 1. The van der Waals surface area contributed by atoms with Crippen molar-refractivity contribution in [1.82, 2.24) is 14.9 Å². The fourth-order valence-electron chi connectivity index (χ4n) is 4.28. The number of amides is 1. The number of hydrogen-bond acceptors (Lipinski definition) is 2. The van der Waals surface area contributed by atoms with Gasteiger partial charge in [-0.2, -0.15) is 0 Å². The van der Waals surface area contributed by atoms with E-state index in [1.54, 1.807) is 12.5 Å². The van der Waals surface area contributed by atoms with Crippen LogP contribution >= 0.6 is 0 Å². The van der Waals surface area contributed by atoms with Gasteiger partial charge in [0.25, 0.3) is 0 Å². The fraction of sp³-hybridized carbons (Fsp3) is 0.474. The van der Waals surface area contributed by atoms with E-state index in [4.69, 9.17) is 0 Å². The topological polar surface area (TPSA) is 46.9 Å². The zero-order valence-electron chi connectivity index (χ0n) is 13.5. The predicted molar refractivity (Wildman–Crippen MR) is 89.0 cm³/mol. The van der Waals surface area contributed by atoms with Crippen LogP contribution in [0.25, 0.3) is 0 Å². The Hall–Kier alpha value is -2.10. The van der Waals surface area contributed by atoms with Gasteiger partial charge in [-0.15, -0.1) is 0 Å². The predicted octanol–water partition coefficient (Wildman–Crippen LogP) is 2.68. The molecule has 0 saturated heterocycles. The second-order valence-corrected chi connectivity index (χ2v) is 7.09. The smallest absolute Gasteiger partial charge is 0.224 e. The second-order valence-electron chi connectivity index (χ2n) is 7.09. The van der Waals surface area contributed by atoms with E-state index in [1.165, 1.54) is 17.5 Å². The van der Waals surface area contributed by atoms with Crippen molar-refractivity contribution in [1.29, 1.82) is 0 Å². The Morgan fingerprint density at radius 1 is 1.48 bits per heavy atom. The molecule has 0 bridgehead atoms. The summed E-state index contributed by atoms with van der Waals surface area (Å²) in [4.78, 5) is 16.7. The van der Waals surface area contributed by atoms with Crippen molar-refractivity contribution in [3.05, 3.63) is 54.1 Å². The van der Waals surface area contributed by atoms with Gasteiger partial charge in [-0.1, -0.05) is 24.3 Å². The van der Waals surface area contributed by atoms with Crippen LogP contribution in [0.4, 0.5) is 0 Å². The minimum atomic E-state index is 0.119. The van der Waals surface area contributed by atoms with E-state index in [-0.39, 0.29) is 23.3 Å². The molecule has 1 aromatic carbocycles. The van der Waals surface area contributed by atoms with Gasteiger partial charge in [0.15, 0.2) is 0 Å². The van der Waals surface area contributed by atoms with Crippen molar-refractivity contribution >= 4 is 5.91 Å². The lowest BCUT2D eigenvalue weighted by atomic mass is 9.78. The minimum Gasteiger partial charge on any atom is -0.352 e. The third-order valence-corrected chi connectivity index (χ3v) is 5.45. The first-order valence-electron chi connectivity index (χ1n) is 8.53. The molecular formula is C19H23N3O. The summed E-state index contributed by atoms with van der Waals surface area (Å²) in [5.41, 5.74) is 2.99. The van der Waals surface area contributed by atoms with Gasteiger partial charge < -0.3 is 9.88 Å². The number of fused-ring (bicyclic) bond motifs is 2. The Balaban J connectivity index is 1.44. The third-order valence-electron chi connectivity index (χ3n) is 5.45. The van der Waals surface area contributed by atoms with Crippen molar-refractivity contribution in [2.45, 2.75) is 50.6 Å². The van der Waals surface area contributed by atoms with Gasteiger partial charge in [-0.05, 0) is 43.7 Å². The molecule has 2 aromatic rings. The number of carbonyl (C=O) groups is 1. The number of rotatable bonds is 4. The van der Waals surface area contributed by atoms with E-state index in [0.29, 0.717) is 0 Å². The number of aryl methyl sites for hydroxylation is 1. The average molecular weight is 309 g/mol. The molecule has 1 N–H and O–H groups in total. The normalized spacial score (nSPS) is 26.6. The maximum Gasteiger partial charge on any atom is 0.224 e. The second kappa shape index (κ2) is 5.52. The summed E-state index contributed by atoms with van der Waals surface area (Å²) in [6.45, 7) is 2.82. The van der Waals surface area contributed by atoms with Crippen molar-refractivity contribution in [2.75, 3.05) is 0 Å². The Morgan fingerprint density at radius 3 is 3.17 bits per heavy atom. The molecule has 0 radical (unpaired) electrons. The lowest BCUT2D eigenvalue weighted by Crippen LogP contribution is -2.38. The number of benzene rings is 1. The van der Waals surface area contributed by atoms with Crippen LogP contribution in [0.3, 0.4) is 0 Å². The van der Waals surface area contributed by atoms with Crippen LogP contribution in [0, 0.1) is 5.92 Å². The van der Waals surface area contributed by atoms with Crippen LogP contribution in [0.5, 0.6) is 0 Å². The highest BCUT2D eigenvalue weighted by atomic mass is 16.2. The molecule has 3 atom stereocenters. The monoisotopic (exact) mass is 309 g/mol. The molecule has 0 aliphatic heterocycles. The van der Waals surface area contributed by atoms with Gasteiger partial charge in [-0.25, -0.2) is 4.98 Å². The molecule has 2 aliphatic rings. The zero-order chi connectivity index (χ0) is 15.9. The summed E-state index contributed by atoms with van der Waals surface area (Å²) in [6, 6.07) is 8.80. The molecule has 23 heavy (non-hydrogen) atoms. The lowest BCUT2D eigenvalue weighted by molar-refractivity contribution is -0.123. The number of carbonyl (C=O) groups excluding carboxylic acids is 1. The van der Waals surface area contributed by atoms with Crippen molar-refractivity contribution in [2.24, 2.45) is 5.92 Å². The lowest BCUT2D eigenvalue weighted by Gasteiger charge is -2.26. The fourth-order valence-corrected chi connectivity index (χ4v) is 4.28. The van der Waals surface area contributed by atoms with E-state index in [0.717, 1.165) is 25.8 Å². The van der Waals surface area contributed by atoms with Gasteiger partial charge in [-0.3, -0.25) is 4.79 Å². The van der Waals surface area contributed by atoms with Crippen molar-refractivity contribution < 1.29 is 4.79 Å². The Labute approximate surface area is 136 Å². The molecule has 4 nitrogen and oxygen atoms in total. The standard InChI is InChI=1S/C19H23N3O/c1-14(12-22-10-9-20-13-22)21-18(23)17-11-19(17)8-4-6-15-5-2-3-7-16(15)19/h2-3,5,7,9-10,13-14,17H,4,6,8,11-12H2,1H3,(H,21,23)/t14-,17+,19+/m1/s1. The van der Waals surface area contributed by atoms with E-state index >= 15 is 0 Å². The van der Waals surface area contributed by atoms with Gasteiger partial charge >= 0.3 is 0 Å². The third kappa shape index (κ3) is 2.56. The molecule has 120 valence electrons. The quantitative estimate of drug-likeness (QED) is 0.944. The maximum atomic E-state index is 12.7. The summed E-state index contributed by atoms with van der Waals surface area (Å²) in [5.74, 6) is 0.364. The summed E-state index contributed by atoms with van der Waals surface area (Å²) >= 11 is 0. The van der Waals surface area contributed by atoms with Crippen LogP contribution < -0.4 is 5.32 Å². The number of aromatic nitrogens is 2. The molecule has 1 aromatic heterocycles. The molecule has 1 spiro atoms. The highest BCUT2D eigenvalue weighted by Crippen LogP contribution is 2.60. The Kier molecular flexibility index (Phi) is 3.47. The molecule has 1 amide bonds. The first kappa shape index (κ1) is 14.5. The van der Waals surface area contributed by atoms with Crippen molar-refractivity contribution in [3.8, 4) is 0 Å². The molecule has 4 heteroatoms. The van der Waals surface area contributed by atoms with Crippen LogP contribution in [0.1, 0.15) is 37.3 Å². The number of hydrogen-bond donors (Lipinski definition) is 1. The van der Waals surface area contributed by atoms with Gasteiger partial charge in [0.1, 0.15) is 0 Å².